The fourth-order valence-electron chi connectivity index (χ4n) is 2.59. The summed E-state index contributed by atoms with van der Waals surface area (Å²) >= 11 is 0. The van der Waals surface area contributed by atoms with Crippen molar-refractivity contribution in [2.24, 2.45) is 5.10 Å². The summed E-state index contributed by atoms with van der Waals surface area (Å²) in [4.78, 5) is 12.2. The fraction of sp³-hybridized carbons (Fsp3) is 0.333. The molecule has 0 spiro atoms. The molecule has 0 fully saturated rings. The van der Waals surface area contributed by atoms with Gasteiger partial charge in [0.25, 0.3) is 5.91 Å². The molecule has 8 heteroatoms. The molecule has 1 N–H and O–H groups in total. The summed E-state index contributed by atoms with van der Waals surface area (Å²) in [6.45, 7) is 6.24. The standard InChI is InChI=1S/C21H27N3O4S/c1-5-28-20-12-6-17(7-13-20)14-22-23-21(25)15-24(29(4,26)27)19-10-8-18(9-11-19)16(2)3/h6-14,16H,5,15H2,1-4H3,(H,23,25)/b22-14-. The second-order valence-corrected chi connectivity index (χ2v) is 8.72. The van der Waals surface area contributed by atoms with Crippen molar-refractivity contribution < 1.29 is 17.9 Å². The highest BCUT2D eigenvalue weighted by Crippen LogP contribution is 2.21. The van der Waals surface area contributed by atoms with Crippen LogP contribution in [0.4, 0.5) is 5.69 Å². The minimum atomic E-state index is -3.63. The first kappa shape index (κ1) is 22.4. The molecule has 156 valence electrons. The maximum absolute atomic E-state index is 12.2. The van der Waals surface area contributed by atoms with Crippen LogP contribution in [0.15, 0.2) is 53.6 Å². The first-order chi connectivity index (χ1) is 13.7. The Bertz CT molecular complexity index is 937. The van der Waals surface area contributed by atoms with Crippen molar-refractivity contribution in [3.8, 4) is 5.75 Å². The second-order valence-electron chi connectivity index (χ2n) is 6.81. The van der Waals surface area contributed by atoms with E-state index >= 15 is 0 Å². The minimum absolute atomic E-state index is 0.330. The van der Waals surface area contributed by atoms with Crippen molar-refractivity contribution in [1.29, 1.82) is 0 Å². The maximum Gasteiger partial charge on any atom is 0.260 e. The summed E-state index contributed by atoms with van der Waals surface area (Å²) in [5.74, 6) is 0.544. The highest BCUT2D eigenvalue weighted by molar-refractivity contribution is 7.92. The zero-order valence-corrected chi connectivity index (χ0v) is 17.9. The van der Waals surface area contributed by atoms with Gasteiger partial charge in [-0.2, -0.15) is 5.10 Å². The number of anilines is 1. The molecule has 0 aliphatic heterocycles. The summed E-state index contributed by atoms with van der Waals surface area (Å²) in [6, 6.07) is 14.3. The molecule has 0 unspecified atom stereocenters. The number of carbonyl (C=O) groups is 1. The first-order valence-electron chi connectivity index (χ1n) is 9.33. The number of ether oxygens (including phenoxy) is 1. The number of amides is 1. The molecule has 0 atom stereocenters. The van der Waals surface area contributed by atoms with E-state index in [1.165, 1.54) is 6.21 Å². The molecule has 0 heterocycles. The Morgan fingerprint density at radius 1 is 1.14 bits per heavy atom. The van der Waals surface area contributed by atoms with E-state index in [0.717, 1.165) is 27.4 Å². The minimum Gasteiger partial charge on any atom is -0.494 e. The van der Waals surface area contributed by atoms with E-state index in [-0.39, 0.29) is 6.54 Å². The van der Waals surface area contributed by atoms with Crippen LogP contribution in [0.1, 0.15) is 37.8 Å². The zero-order valence-electron chi connectivity index (χ0n) is 17.1. The number of nitrogens with one attached hydrogen (secondary N) is 1. The lowest BCUT2D eigenvalue weighted by atomic mass is 10.0. The molecular formula is C21H27N3O4S. The van der Waals surface area contributed by atoms with Crippen LogP contribution in [0.2, 0.25) is 0 Å². The summed E-state index contributed by atoms with van der Waals surface area (Å²) in [6.07, 6.45) is 2.55. The van der Waals surface area contributed by atoms with Gasteiger partial charge < -0.3 is 4.74 Å². The van der Waals surface area contributed by atoms with E-state index < -0.39 is 15.9 Å². The molecule has 29 heavy (non-hydrogen) atoms. The van der Waals surface area contributed by atoms with Crippen LogP contribution in [0.25, 0.3) is 0 Å². The molecule has 2 aromatic rings. The molecular weight excluding hydrogens is 390 g/mol. The predicted octanol–water partition coefficient (Wildman–Crippen LogP) is 3.13. The van der Waals surface area contributed by atoms with Crippen LogP contribution in [-0.2, 0) is 14.8 Å². The fourth-order valence-corrected chi connectivity index (χ4v) is 3.44. The Labute approximate surface area is 172 Å². The van der Waals surface area contributed by atoms with Gasteiger partial charge in [0.15, 0.2) is 0 Å². The van der Waals surface area contributed by atoms with Gasteiger partial charge in [-0.3, -0.25) is 9.10 Å². The average Bonchev–Trinajstić information content (AvgIpc) is 2.67. The third kappa shape index (κ3) is 6.90. The lowest BCUT2D eigenvalue weighted by Crippen LogP contribution is -2.39. The number of rotatable bonds is 9. The van der Waals surface area contributed by atoms with Crippen molar-refractivity contribution in [1.82, 2.24) is 5.43 Å². The van der Waals surface area contributed by atoms with E-state index in [1.807, 2.05) is 19.1 Å². The van der Waals surface area contributed by atoms with E-state index in [4.69, 9.17) is 4.74 Å². The number of nitrogens with zero attached hydrogens (tertiary/aromatic N) is 2. The quantitative estimate of drug-likeness (QED) is 0.502. The van der Waals surface area contributed by atoms with E-state index in [1.54, 1.807) is 36.4 Å². The third-order valence-corrected chi connectivity index (χ3v) is 5.27. The van der Waals surface area contributed by atoms with Gasteiger partial charge in [0.1, 0.15) is 12.3 Å². The van der Waals surface area contributed by atoms with Gasteiger partial charge >= 0.3 is 0 Å². The van der Waals surface area contributed by atoms with Crippen molar-refractivity contribution in [3.05, 3.63) is 59.7 Å². The molecule has 0 saturated heterocycles. The van der Waals surface area contributed by atoms with Gasteiger partial charge in [-0.25, -0.2) is 13.8 Å². The van der Waals surface area contributed by atoms with Crippen LogP contribution < -0.4 is 14.5 Å². The maximum atomic E-state index is 12.2. The highest BCUT2D eigenvalue weighted by atomic mass is 32.2. The monoisotopic (exact) mass is 417 g/mol. The van der Waals surface area contributed by atoms with E-state index in [2.05, 4.69) is 24.4 Å². The molecule has 0 aliphatic rings. The van der Waals surface area contributed by atoms with E-state index in [9.17, 15) is 13.2 Å². The largest absolute Gasteiger partial charge is 0.494 e. The molecule has 0 aromatic heterocycles. The van der Waals surface area contributed by atoms with Crippen molar-refractivity contribution in [2.45, 2.75) is 26.7 Å². The summed E-state index contributed by atoms with van der Waals surface area (Å²) in [7, 11) is -3.63. The third-order valence-electron chi connectivity index (χ3n) is 4.13. The van der Waals surface area contributed by atoms with E-state index in [0.29, 0.717) is 18.2 Å². The Balaban J connectivity index is 2.03. The number of hydrogen-bond donors (Lipinski definition) is 1. The molecule has 1 amide bonds. The summed E-state index contributed by atoms with van der Waals surface area (Å²) in [5, 5.41) is 3.90. The summed E-state index contributed by atoms with van der Waals surface area (Å²) in [5.41, 5.74) is 4.66. The van der Waals surface area contributed by atoms with Crippen LogP contribution in [0.3, 0.4) is 0 Å². The van der Waals surface area contributed by atoms with Crippen LogP contribution in [0.5, 0.6) is 5.75 Å². The Morgan fingerprint density at radius 3 is 2.28 bits per heavy atom. The molecule has 7 nitrogen and oxygen atoms in total. The van der Waals surface area contributed by atoms with Gasteiger partial charge in [-0.1, -0.05) is 26.0 Å². The number of sulfonamides is 1. The molecule has 0 saturated carbocycles. The lowest BCUT2D eigenvalue weighted by molar-refractivity contribution is -0.119. The Morgan fingerprint density at radius 2 is 1.76 bits per heavy atom. The lowest BCUT2D eigenvalue weighted by Gasteiger charge is -2.21. The number of hydrazone groups is 1. The zero-order chi connectivity index (χ0) is 21.4. The van der Waals surface area contributed by atoms with Crippen molar-refractivity contribution in [2.75, 3.05) is 23.7 Å². The average molecular weight is 418 g/mol. The van der Waals surface area contributed by atoms with Crippen LogP contribution in [-0.4, -0.2) is 39.9 Å². The SMILES string of the molecule is CCOc1ccc(/C=N\NC(=O)CN(c2ccc(C(C)C)cc2)S(C)(=O)=O)cc1. The molecule has 2 aromatic carbocycles. The van der Waals surface area contributed by atoms with Crippen LogP contribution in [0, 0.1) is 0 Å². The predicted molar refractivity (Wildman–Crippen MR) is 116 cm³/mol. The molecule has 0 aliphatic carbocycles. The number of carbonyl (C=O) groups excluding carboxylic acids is 1. The molecule has 0 radical (unpaired) electrons. The second kappa shape index (κ2) is 10.1. The Hall–Kier alpha value is -2.87. The Kier molecular flexibility index (Phi) is 7.78. The number of benzene rings is 2. The van der Waals surface area contributed by atoms with Gasteiger partial charge in [0, 0.05) is 0 Å². The van der Waals surface area contributed by atoms with Crippen molar-refractivity contribution in [3.63, 3.8) is 0 Å². The van der Waals surface area contributed by atoms with Gasteiger partial charge in [0.2, 0.25) is 10.0 Å². The normalized spacial score (nSPS) is 11.6. The molecule has 2 rings (SSSR count). The summed E-state index contributed by atoms with van der Waals surface area (Å²) < 4.78 is 30.7. The number of hydrogen-bond acceptors (Lipinski definition) is 5. The van der Waals surface area contributed by atoms with Gasteiger partial charge in [-0.15, -0.1) is 0 Å². The molecule has 0 bridgehead atoms. The van der Waals surface area contributed by atoms with Crippen molar-refractivity contribution >= 4 is 27.8 Å². The highest BCUT2D eigenvalue weighted by Gasteiger charge is 2.20. The van der Waals surface area contributed by atoms with Gasteiger partial charge in [-0.05, 0) is 60.4 Å². The van der Waals surface area contributed by atoms with Gasteiger partial charge in [0.05, 0.1) is 24.8 Å². The smallest absolute Gasteiger partial charge is 0.260 e. The first-order valence-corrected chi connectivity index (χ1v) is 11.2. The topological polar surface area (TPSA) is 88.1 Å². The van der Waals surface area contributed by atoms with Crippen LogP contribution >= 0.6 is 0 Å².